The summed E-state index contributed by atoms with van der Waals surface area (Å²) in [4.78, 5) is 0. The summed E-state index contributed by atoms with van der Waals surface area (Å²) in [6.07, 6.45) is 4.60. The minimum absolute atomic E-state index is 0.0627. The molecule has 0 atom stereocenters. The summed E-state index contributed by atoms with van der Waals surface area (Å²) in [5.74, 6) is 0. The van der Waals surface area contributed by atoms with E-state index >= 15 is 0 Å². The maximum absolute atomic E-state index is 6.50. The van der Waals surface area contributed by atoms with Crippen LogP contribution in [0.1, 0.15) is 94.9 Å². The van der Waals surface area contributed by atoms with Crippen molar-refractivity contribution >= 4 is 0 Å². The Kier molecular flexibility index (Phi) is 6.15. The summed E-state index contributed by atoms with van der Waals surface area (Å²) in [5.41, 5.74) is 0.569. The molecule has 0 rings (SSSR count). The van der Waals surface area contributed by atoms with Crippen molar-refractivity contribution in [3.63, 3.8) is 0 Å². The molecule has 0 radical (unpaired) electrons. The predicted octanol–water partition coefficient (Wildman–Crippen LogP) is 6.21. The van der Waals surface area contributed by atoms with Crippen LogP contribution in [0.3, 0.4) is 0 Å². The first kappa shape index (κ1) is 19.0. The first-order valence-corrected chi connectivity index (χ1v) is 7.94. The predicted molar refractivity (Wildman–Crippen MR) is 86.6 cm³/mol. The SMILES string of the molecule is CCC(C)(C)CC(C)(C)OC(C)(C)CC(C)(C)CC. The average Bonchev–Trinajstić information content (AvgIpc) is 2.12. The van der Waals surface area contributed by atoms with Gasteiger partial charge in [0.05, 0.1) is 11.2 Å². The van der Waals surface area contributed by atoms with Crippen LogP contribution < -0.4 is 0 Å². The lowest BCUT2D eigenvalue weighted by molar-refractivity contribution is -0.151. The highest BCUT2D eigenvalue weighted by molar-refractivity contribution is 4.86. The van der Waals surface area contributed by atoms with Crippen LogP contribution >= 0.6 is 0 Å². The highest BCUT2D eigenvalue weighted by Gasteiger charge is 2.36. The lowest BCUT2D eigenvalue weighted by atomic mass is 9.77. The van der Waals surface area contributed by atoms with Crippen LogP contribution in [0.5, 0.6) is 0 Å². The van der Waals surface area contributed by atoms with Crippen LogP contribution in [-0.4, -0.2) is 11.2 Å². The van der Waals surface area contributed by atoms with Gasteiger partial charge in [-0.3, -0.25) is 0 Å². The monoisotopic (exact) mass is 270 g/mol. The molecule has 0 aliphatic rings. The van der Waals surface area contributed by atoms with Gasteiger partial charge in [0.1, 0.15) is 0 Å². The second-order valence-electron chi connectivity index (χ2n) is 9.01. The van der Waals surface area contributed by atoms with Gasteiger partial charge in [0.2, 0.25) is 0 Å². The second-order valence-corrected chi connectivity index (χ2v) is 9.01. The molecule has 0 aromatic heterocycles. The molecule has 0 heterocycles. The fraction of sp³-hybridized carbons (Fsp3) is 1.00. The Morgan fingerprint density at radius 2 is 0.842 bits per heavy atom. The maximum Gasteiger partial charge on any atom is 0.0638 e. The number of hydrogen-bond acceptors (Lipinski definition) is 1. The summed E-state index contributed by atoms with van der Waals surface area (Å²) >= 11 is 0. The van der Waals surface area contributed by atoms with Crippen molar-refractivity contribution in [2.75, 3.05) is 0 Å². The molecule has 0 N–H and O–H groups in total. The molecule has 0 aromatic carbocycles. The summed E-state index contributed by atoms with van der Waals surface area (Å²) < 4.78 is 6.50. The van der Waals surface area contributed by atoms with Gasteiger partial charge in [-0.1, -0.05) is 54.4 Å². The van der Waals surface area contributed by atoms with Gasteiger partial charge in [-0.25, -0.2) is 0 Å². The molecule has 1 nitrogen and oxygen atoms in total. The van der Waals surface area contributed by atoms with Crippen molar-refractivity contribution in [3.05, 3.63) is 0 Å². The van der Waals surface area contributed by atoms with Gasteiger partial charge in [-0.15, -0.1) is 0 Å². The van der Waals surface area contributed by atoms with E-state index in [0.717, 1.165) is 12.8 Å². The summed E-state index contributed by atoms with van der Waals surface area (Å²) in [7, 11) is 0. The van der Waals surface area contributed by atoms with E-state index < -0.39 is 0 Å². The Labute approximate surface area is 122 Å². The van der Waals surface area contributed by atoms with Gasteiger partial charge in [0.15, 0.2) is 0 Å². The fourth-order valence-electron chi connectivity index (χ4n) is 3.38. The maximum atomic E-state index is 6.50. The van der Waals surface area contributed by atoms with E-state index in [2.05, 4.69) is 69.2 Å². The lowest BCUT2D eigenvalue weighted by Gasteiger charge is -2.43. The van der Waals surface area contributed by atoms with Crippen LogP contribution in [0.2, 0.25) is 0 Å². The van der Waals surface area contributed by atoms with Gasteiger partial charge in [-0.2, -0.15) is 0 Å². The van der Waals surface area contributed by atoms with E-state index in [1.54, 1.807) is 0 Å². The van der Waals surface area contributed by atoms with E-state index in [-0.39, 0.29) is 11.2 Å². The molecule has 0 aliphatic carbocycles. The molecule has 19 heavy (non-hydrogen) atoms. The van der Waals surface area contributed by atoms with Crippen LogP contribution in [-0.2, 0) is 4.74 Å². The van der Waals surface area contributed by atoms with Crippen LogP contribution in [0.4, 0.5) is 0 Å². The molecular weight excluding hydrogens is 232 g/mol. The Hall–Kier alpha value is -0.0400. The van der Waals surface area contributed by atoms with E-state index in [1.807, 2.05) is 0 Å². The van der Waals surface area contributed by atoms with E-state index in [1.165, 1.54) is 12.8 Å². The number of rotatable bonds is 8. The van der Waals surface area contributed by atoms with Gasteiger partial charge in [0.25, 0.3) is 0 Å². The fourth-order valence-corrected chi connectivity index (χ4v) is 3.38. The van der Waals surface area contributed by atoms with E-state index in [4.69, 9.17) is 4.74 Å². The molecule has 0 aliphatic heterocycles. The standard InChI is InChI=1S/C18H38O/c1-11-15(3,4)13-17(7,8)19-18(9,10)14-16(5,6)12-2/h11-14H2,1-10H3. The molecular formula is C18H38O. The van der Waals surface area contributed by atoms with Crippen LogP contribution in [0.15, 0.2) is 0 Å². The molecule has 0 fully saturated rings. The first-order valence-electron chi connectivity index (χ1n) is 7.94. The summed E-state index contributed by atoms with van der Waals surface area (Å²) in [6, 6.07) is 0. The molecule has 0 spiro atoms. The number of ether oxygens (including phenoxy) is 1. The minimum atomic E-state index is -0.0627. The number of hydrogen-bond donors (Lipinski definition) is 0. The lowest BCUT2D eigenvalue weighted by Crippen LogP contribution is -2.42. The highest BCUT2D eigenvalue weighted by Crippen LogP contribution is 2.39. The van der Waals surface area contributed by atoms with Crippen molar-refractivity contribution in [3.8, 4) is 0 Å². The molecule has 0 saturated carbocycles. The van der Waals surface area contributed by atoms with Crippen LogP contribution in [0.25, 0.3) is 0 Å². The molecule has 0 aromatic rings. The van der Waals surface area contributed by atoms with Gasteiger partial charge >= 0.3 is 0 Å². The Balaban J connectivity index is 4.72. The van der Waals surface area contributed by atoms with Gasteiger partial charge < -0.3 is 4.74 Å². The Morgan fingerprint density at radius 3 is 1.05 bits per heavy atom. The normalized spacial score (nSPS) is 14.8. The zero-order chi connectivity index (χ0) is 15.5. The summed E-state index contributed by atoms with van der Waals surface area (Å²) in [5, 5.41) is 0. The third-order valence-corrected chi connectivity index (χ3v) is 4.28. The topological polar surface area (TPSA) is 9.23 Å². The van der Waals surface area contributed by atoms with E-state index in [9.17, 15) is 0 Å². The molecule has 116 valence electrons. The molecule has 0 amide bonds. The average molecular weight is 271 g/mol. The largest absolute Gasteiger partial charge is 0.370 e. The molecule has 0 unspecified atom stereocenters. The Morgan fingerprint density at radius 1 is 0.579 bits per heavy atom. The molecule has 0 bridgehead atoms. The second kappa shape index (κ2) is 6.16. The van der Waals surface area contributed by atoms with Crippen molar-refractivity contribution in [2.45, 2.75) is 106 Å². The van der Waals surface area contributed by atoms with E-state index in [0.29, 0.717) is 10.8 Å². The van der Waals surface area contributed by atoms with Crippen molar-refractivity contribution in [2.24, 2.45) is 10.8 Å². The minimum Gasteiger partial charge on any atom is -0.370 e. The van der Waals surface area contributed by atoms with Crippen molar-refractivity contribution in [1.29, 1.82) is 0 Å². The van der Waals surface area contributed by atoms with Gasteiger partial charge in [-0.05, 0) is 51.4 Å². The first-order chi connectivity index (χ1) is 8.24. The zero-order valence-electron chi connectivity index (χ0n) is 15.2. The molecule has 0 saturated heterocycles. The van der Waals surface area contributed by atoms with Crippen LogP contribution in [0, 0.1) is 10.8 Å². The van der Waals surface area contributed by atoms with Crippen molar-refractivity contribution < 1.29 is 4.74 Å². The summed E-state index contributed by atoms with van der Waals surface area (Å²) in [6.45, 7) is 22.8. The quantitative estimate of drug-likeness (QED) is 0.509. The van der Waals surface area contributed by atoms with Gasteiger partial charge in [0, 0.05) is 0 Å². The third-order valence-electron chi connectivity index (χ3n) is 4.28. The molecule has 1 heteroatoms. The Bertz CT molecular complexity index is 243. The zero-order valence-corrected chi connectivity index (χ0v) is 15.2. The smallest absolute Gasteiger partial charge is 0.0638 e. The third kappa shape index (κ3) is 7.97. The highest BCUT2D eigenvalue weighted by atomic mass is 16.5. The van der Waals surface area contributed by atoms with Crippen molar-refractivity contribution in [1.82, 2.24) is 0 Å².